The zero-order valence-electron chi connectivity index (χ0n) is 10.0. The molecule has 0 bridgehead atoms. The molecule has 2 amide bonds. The predicted octanol–water partition coefficient (Wildman–Crippen LogP) is 1.38. The van der Waals surface area contributed by atoms with Crippen LogP contribution in [0.2, 0.25) is 0 Å². The molecule has 3 N–H and O–H groups in total. The highest BCUT2D eigenvalue weighted by Crippen LogP contribution is 2.03. The summed E-state index contributed by atoms with van der Waals surface area (Å²) >= 11 is 0. The number of primary amides is 1. The summed E-state index contributed by atoms with van der Waals surface area (Å²) in [5, 5.41) is 2.81. The topological polar surface area (TPSA) is 72.2 Å². The zero-order chi connectivity index (χ0) is 12.7. The first-order valence-electron chi connectivity index (χ1n) is 5.73. The molecule has 0 fully saturated rings. The molecule has 0 aromatic heterocycles. The number of carbonyl (C=O) groups excluding carboxylic acids is 2. The Labute approximate surface area is 101 Å². The molecule has 0 heterocycles. The van der Waals surface area contributed by atoms with Crippen LogP contribution in [0.15, 0.2) is 24.3 Å². The van der Waals surface area contributed by atoms with Gasteiger partial charge in [-0.1, -0.05) is 17.7 Å². The van der Waals surface area contributed by atoms with E-state index in [0.29, 0.717) is 24.9 Å². The van der Waals surface area contributed by atoms with Crippen molar-refractivity contribution in [1.82, 2.24) is 5.32 Å². The molecule has 4 nitrogen and oxygen atoms in total. The van der Waals surface area contributed by atoms with Crippen LogP contribution in [0.3, 0.4) is 0 Å². The van der Waals surface area contributed by atoms with Crippen LogP contribution in [0.1, 0.15) is 35.2 Å². The maximum atomic E-state index is 11.7. The maximum absolute atomic E-state index is 11.7. The van der Waals surface area contributed by atoms with Crippen molar-refractivity contribution in [2.45, 2.75) is 26.2 Å². The van der Waals surface area contributed by atoms with Gasteiger partial charge in [0, 0.05) is 18.5 Å². The van der Waals surface area contributed by atoms with Crippen LogP contribution >= 0.6 is 0 Å². The number of rotatable bonds is 6. The Morgan fingerprint density at radius 1 is 1.29 bits per heavy atom. The van der Waals surface area contributed by atoms with E-state index in [9.17, 15) is 9.59 Å². The van der Waals surface area contributed by atoms with E-state index < -0.39 is 0 Å². The van der Waals surface area contributed by atoms with Gasteiger partial charge in [0.15, 0.2) is 0 Å². The minimum Gasteiger partial charge on any atom is -0.370 e. The van der Waals surface area contributed by atoms with Crippen LogP contribution in [-0.2, 0) is 4.79 Å². The van der Waals surface area contributed by atoms with Crippen molar-refractivity contribution in [2.75, 3.05) is 6.54 Å². The number of hydrogen-bond acceptors (Lipinski definition) is 2. The van der Waals surface area contributed by atoms with Gasteiger partial charge in [-0.05, 0) is 31.9 Å². The van der Waals surface area contributed by atoms with E-state index in [1.807, 2.05) is 25.1 Å². The molecule has 92 valence electrons. The summed E-state index contributed by atoms with van der Waals surface area (Å²) in [5.41, 5.74) is 6.74. The monoisotopic (exact) mass is 234 g/mol. The molecule has 4 heteroatoms. The second-order valence-electron chi connectivity index (χ2n) is 4.05. The van der Waals surface area contributed by atoms with Crippen LogP contribution in [0.5, 0.6) is 0 Å². The Morgan fingerprint density at radius 2 is 2.06 bits per heavy atom. The van der Waals surface area contributed by atoms with Crippen LogP contribution in [0, 0.1) is 6.92 Å². The lowest BCUT2D eigenvalue weighted by molar-refractivity contribution is -0.118. The average Bonchev–Trinajstić information content (AvgIpc) is 2.28. The Kier molecular flexibility index (Phi) is 5.20. The third kappa shape index (κ3) is 5.15. The first-order chi connectivity index (χ1) is 8.09. The Balaban J connectivity index is 2.28. The van der Waals surface area contributed by atoms with Gasteiger partial charge in [-0.15, -0.1) is 0 Å². The van der Waals surface area contributed by atoms with Crippen molar-refractivity contribution in [2.24, 2.45) is 5.73 Å². The van der Waals surface area contributed by atoms with Gasteiger partial charge in [0.25, 0.3) is 5.91 Å². The molecule has 0 unspecified atom stereocenters. The molecule has 0 spiro atoms. The van der Waals surface area contributed by atoms with E-state index >= 15 is 0 Å². The van der Waals surface area contributed by atoms with Crippen molar-refractivity contribution in [3.8, 4) is 0 Å². The Hall–Kier alpha value is -1.84. The Morgan fingerprint density at radius 3 is 2.71 bits per heavy atom. The van der Waals surface area contributed by atoms with E-state index in [0.717, 1.165) is 12.0 Å². The van der Waals surface area contributed by atoms with Crippen molar-refractivity contribution in [3.05, 3.63) is 35.4 Å². The van der Waals surface area contributed by atoms with Gasteiger partial charge in [-0.2, -0.15) is 0 Å². The molecule has 0 saturated carbocycles. The SMILES string of the molecule is Cc1cccc(C(=O)NCCCCC(N)=O)c1. The quantitative estimate of drug-likeness (QED) is 0.730. The molecule has 0 radical (unpaired) electrons. The van der Waals surface area contributed by atoms with Crippen LogP contribution in [-0.4, -0.2) is 18.4 Å². The maximum Gasteiger partial charge on any atom is 0.251 e. The zero-order valence-corrected chi connectivity index (χ0v) is 10.0. The van der Waals surface area contributed by atoms with Crippen LogP contribution < -0.4 is 11.1 Å². The molecular weight excluding hydrogens is 216 g/mol. The van der Waals surface area contributed by atoms with Crippen LogP contribution in [0.4, 0.5) is 0 Å². The number of nitrogens with one attached hydrogen (secondary N) is 1. The molecule has 0 aliphatic rings. The molecule has 1 aromatic carbocycles. The summed E-state index contributed by atoms with van der Waals surface area (Å²) in [5.74, 6) is -0.372. The molecule has 1 aromatic rings. The number of nitrogens with two attached hydrogens (primary N) is 1. The van der Waals surface area contributed by atoms with Crippen LogP contribution in [0.25, 0.3) is 0 Å². The summed E-state index contributed by atoms with van der Waals surface area (Å²) < 4.78 is 0. The van der Waals surface area contributed by atoms with Gasteiger partial charge in [0.2, 0.25) is 5.91 Å². The highest BCUT2D eigenvalue weighted by molar-refractivity contribution is 5.94. The lowest BCUT2D eigenvalue weighted by Crippen LogP contribution is -2.24. The molecule has 1 rings (SSSR count). The van der Waals surface area contributed by atoms with Gasteiger partial charge < -0.3 is 11.1 Å². The predicted molar refractivity (Wildman–Crippen MR) is 66.6 cm³/mol. The van der Waals surface area contributed by atoms with E-state index in [4.69, 9.17) is 5.73 Å². The summed E-state index contributed by atoms with van der Waals surface area (Å²) in [6.45, 7) is 2.52. The number of carbonyl (C=O) groups is 2. The summed E-state index contributed by atoms with van der Waals surface area (Å²) in [7, 11) is 0. The first kappa shape index (κ1) is 13.2. The smallest absolute Gasteiger partial charge is 0.251 e. The molecule has 0 saturated heterocycles. The number of benzene rings is 1. The molecule has 17 heavy (non-hydrogen) atoms. The summed E-state index contributed by atoms with van der Waals surface area (Å²) in [4.78, 5) is 22.2. The Bertz CT molecular complexity index is 402. The lowest BCUT2D eigenvalue weighted by atomic mass is 10.1. The van der Waals surface area contributed by atoms with Gasteiger partial charge in [-0.3, -0.25) is 9.59 Å². The second-order valence-corrected chi connectivity index (χ2v) is 4.05. The normalized spacial score (nSPS) is 9.94. The van der Waals surface area contributed by atoms with Gasteiger partial charge in [-0.25, -0.2) is 0 Å². The summed E-state index contributed by atoms with van der Waals surface area (Å²) in [6, 6.07) is 7.44. The molecular formula is C13H18N2O2. The number of unbranched alkanes of at least 4 members (excludes halogenated alkanes) is 1. The molecule has 0 aliphatic carbocycles. The summed E-state index contributed by atoms with van der Waals surface area (Å²) in [6.07, 6.45) is 1.85. The number of aryl methyl sites for hydroxylation is 1. The fraction of sp³-hybridized carbons (Fsp3) is 0.385. The minimum absolute atomic E-state index is 0.0761. The number of amides is 2. The lowest BCUT2D eigenvalue weighted by Gasteiger charge is -2.05. The first-order valence-corrected chi connectivity index (χ1v) is 5.73. The average molecular weight is 234 g/mol. The van der Waals surface area contributed by atoms with Crippen molar-refractivity contribution in [1.29, 1.82) is 0 Å². The van der Waals surface area contributed by atoms with Gasteiger partial charge in [0.1, 0.15) is 0 Å². The van der Waals surface area contributed by atoms with Crippen molar-refractivity contribution < 1.29 is 9.59 Å². The van der Waals surface area contributed by atoms with Crippen molar-refractivity contribution >= 4 is 11.8 Å². The van der Waals surface area contributed by atoms with E-state index in [2.05, 4.69) is 5.32 Å². The molecule has 0 atom stereocenters. The fourth-order valence-electron chi connectivity index (χ4n) is 1.51. The van der Waals surface area contributed by atoms with Crippen molar-refractivity contribution in [3.63, 3.8) is 0 Å². The van der Waals surface area contributed by atoms with Gasteiger partial charge in [0.05, 0.1) is 0 Å². The number of hydrogen-bond donors (Lipinski definition) is 2. The molecule has 0 aliphatic heterocycles. The highest BCUT2D eigenvalue weighted by Gasteiger charge is 2.04. The minimum atomic E-state index is -0.296. The fourth-order valence-corrected chi connectivity index (χ4v) is 1.51. The standard InChI is InChI=1S/C13H18N2O2/c1-10-5-4-6-11(9-10)13(17)15-8-3-2-7-12(14)16/h4-6,9H,2-3,7-8H2,1H3,(H2,14,16)(H,15,17). The highest BCUT2D eigenvalue weighted by atomic mass is 16.2. The second kappa shape index (κ2) is 6.68. The van der Waals surface area contributed by atoms with E-state index in [-0.39, 0.29) is 11.8 Å². The third-order valence-corrected chi connectivity index (χ3v) is 2.42. The largest absolute Gasteiger partial charge is 0.370 e. The van der Waals surface area contributed by atoms with E-state index in [1.165, 1.54) is 0 Å². The third-order valence-electron chi connectivity index (χ3n) is 2.42. The van der Waals surface area contributed by atoms with E-state index in [1.54, 1.807) is 6.07 Å². The van der Waals surface area contributed by atoms with Gasteiger partial charge >= 0.3 is 0 Å².